The van der Waals surface area contributed by atoms with Gasteiger partial charge in [-0.3, -0.25) is 4.79 Å². The van der Waals surface area contributed by atoms with Gasteiger partial charge in [0.15, 0.2) is 0 Å². The fourth-order valence-corrected chi connectivity index (χ4v) is 0.813. The van der Waals surface area contributed by atoms with Gasteiger partial charge in [0.2, 0.25) is 5.91 Å². The average molecular weight is 187 g/mol. The normalized spacial score (nSPS) is 13.0. The number of ether oxygens (including phenoxy) is 1. The molecule has 0 aromatic rings. The average Bonchev–Trinajstić information content (AvgIpc) is 2.04. The fourth-order valence-electron chi connectivity index (χ4n) is 0.813. The van der Waals surface area contributed by atoms with Crippen molar-refractivity contribution in [2.45, 2.75) is 46.8 Å². The van der Waals surface area contributed by atoms with E-state index in [1.807, 2.05) is 20.8 Å². The zero-order chi connectivity index (χ0) is 10.3. The Morgan fingerprint density at radius 2 is 2.00 bits per heavy atom. The minimum absolute atomic E-state index is 0.0252. The summed E-state index contributed by atoms with van der Waals surface area (Å²) in [6.45, 7) is 8.43. The number of amides is 1. The second kappa shape index (κ2) is 6.89. The van der Waals surface area contributed by atoms with Gasteiger partial charge in [0.05, 0.1) is 0 Å². The molecule has 3 heteroatoms. The number of unbranched alkanes of at least 4 members (excludes halogenated alkanes) is 1. The van der Waals surface area contributed by atoms with Crippen LogP contribution in [0.25, 0.3) is 0 Å². The van der Waals surface area contributed by atoms with E-state index in [0.717, 1.165) is 19.4 Å². The lowest BCUT2D eigenvalue weighted by Gasteiger charge is -2.15. The third-order valence-corrected chi connectivity index (χ3v) is 1.74. The minimum Gasteiger partial charge on any atom is -0.359 e. The van der Waals surface area contributed by atoms with E-state index in [1.54, 1.807) is 0 Å². The molecule has 13 heavy (non-hydrogen) atoms. The number of hydrogen-bond donors (Lipinski definition) is 1. The van der Waals surface area contributed by atoms with Crippen molar-refractivity contribution in [2.75, 3.05) is 6.61 Å². The lowest BCUT2D eigenvalue weighted by atomic mass is 10.2. The first-order valence-corrected chi connectivity index (χ1v) is 5.00. The van der Waals surface area contributed by atoms with Crippen LogP contribution in [-0.2, 0) is 9.53 Å². The zero-order valence-electron chi connectivity index (χ0n) is 9.09. The molecule has 0 aromatic carbocycles. The van der Waals surface area contributed by atoms with Crippen LogP contribution in [0.1, 0.15) is 40.5 Å². The van der Waals surface area contributed by atoms with Crippen molar-refractivity contribution < 1.29 is 9.53 Å². The summed E-state index contributed by atoms with van der Waals surface area (Å²) in [6, 6.07) is 0. The van der Waals surface area contributed by atoms with Crippen molar-refractivity contribution in [3.05, 3.63) is 0 Å². The van der Waals surface area contributed by atoms with E-state index in [1.165, 1.54) is 0 Å². The molecule has 0 saturated carbocycles. The third-order valence-electron chi connectivity index (χ3n) is 1.74. The summed E-state index contributed by atoms with van der Waals surface area (Å²) in [5.41, 5.74) is 0. The molecule has 1 atom stereocenters. The smallest absolute Gasteiger partial charge is 0.224 e. The van der Waals surface area contributed by atoms with E-state index in [2.05, 4.69) is 12.2 Å². The Bertz CT molecular complexity index is 146. The van der Waals surface area contributed by atoms with Gasteiger partial charge in [0.25, 0.3) is 0 Å². The summed E-state index contributed by atoms with van der Waals surface area (Å²) in [5.74, 6) is 0.0706. The first kappa shape index (κ1) is 12.4. The maximum absolute atomic E-state index is 11.2. The van der Waals surface area contributed by atoms with Crippen molar-refractivity contribution in [3.63, 3.8) is 0 Å². The van der Waals surface area contributed by atoms with Crippen LogP contribution in [0.15, 0.2) is 0 Å². The highest BCUT2D eigenvalue weighted by atomic mass is 16.5. The molecular formula is C10H21NO2. The predicted octanol–water partition coefficient (Wildman–Crippen LogP) is 1.92. The van der Waals surface area contributed by atoms with Gasteiger partial charge < -0.3 is 10.1 Å². The Kier molecular flexibility index (Phi) is 6.59. The SMILES string of the molecule is CCCCOC(C)NC(=O)C(C)C. The van der Waals surface area contributed by atoms with Gasteiger partial charge in [-0.15, -0.1) is 0 Å². The maximum atomic E-state index is 11.2. The van der Waals surface area contributed by atoms with E-state index >= 15 is 0 Å². The molecule has 0 bridgehead atoms. The molecule has 0 rings (SSSR count). The van der Waals surface area contributed by atoms with Crippen LogP contribution in [0.3, 0.4) is 0 Å². The molecule has 1 N–H and O–H groups in total. The van der Waals surface area contributed by atoms with Crippen molar-refractivity contribution in [3.8, 4) is 0 Å². The fraction of sp³-hybridized carbons (Fsp3) is 0.900. The quantitative estimate of drug-likeness (QED) is 0.509. The maximum Gasteiger partial charge on any atom is 0.224 e. The minimum atomic E-state index is -0.165. The largest absolute Gasteiger partial charge is 0.359 e. The topological polar surface area (TPSA) is 38.3 Å². The van der Waals surface area contributed by atoms with Crippen LogP contribution in [-0.4, -0.2) is 18.7 Å². The third kappa shape index (κ3) is 6.58. The Balaban J connectivity index is 3.50. The Hall–Kier alpha value is -0.570. The Labute approximate surface area is 80.8 Å². The van der Waals surface area contributed by atoms with Gasteiger partial charge in [0.1, 0.15) is 6.23 Å². The summed E-state index contributed by atoms with van der Waals surface area (Å²) in [4.78, 5) is 11.2. The van der Waals surface area contributed by atoms with Crippen molar-refractivity contribution in [1.82, 2.24) is 5.32 Å². The lowest BCUT2D eigenvalue weighted by molar-refractivity contribution is -0.128. The number of rotatable bonds is 6. The summed E-state index contributed by atoms with van der Waals surface area (Å²) >= 11 is 0. The monoisotopic (exact) mass is 187 g/mol. The first-order valence-electron chi connectivity index (χ1n) is 5.00. The van der Waals surface area contributed by atoms with Crippen LogP contribution in [0.5, 0.6) is 0 Å². The predicted molar refractivity (Wildman–Crippen MR) is 53.3 cm³/mol. The molecule has 3 nitrogen and oxygen atoms in total. The molecule has 0 fully saturated rings. The summed E-state index contributed by atoms with van der Waals surface area (Å²) < 4.78 is 5.37. The van der Waals surface area contributed by atoms with E-state index in [4.69, 9.17) is 4.74 Å². The molecule has 1 unspecified atom stereocenters. The molecule has 0 aromatic heterocycles. The molecule has 0 saturated heterocycles. The van der Waals surface area contributed by atoms with Crippen LogP contribution in [0.2, 0.25) is 0 Å². The lowest BCUT2D eigenvalue weighted by Crippen LogP contribution is -2.37. The van der Waals surface area contributed by atoms with Gasteiger partial charge >= 0.3 is 0 Å². The summed E-state index contributed by atoms with van der Waals surface area (Å²) in [7, 11) is 0. The first-order chi connectivity index (χ1) is 6.07. The number of nitrogens with one attached hydrogen (secondary N) is 1. The van der Waals surface area contributed by atoms with E-state index in [0.29, 0.717) is 0 Å². The van der Waals surface area contributed by atoms with Crippen LogP contribution in [0, 0.1) is 5.92 Å². The van der Waals surface area contributed by atoms with Crippen molar-refractivity contribution >= 4 is 5.91 Å². The number of carbonyl (C=O) groups excluding carboxylic acids is 1. The molecule has 0 heterocycles. The summed E-state index contributed by atoms with van der Waals surface area (Å²) in [5, 5.41) is 2.78. The zero-order valence-corrected chi connectivity index (χ0v) is 9.09. The van der Waals surface area contributed by atoms with Gasteiger partial charge in [-0.2, -0.15) is 0 Å². The molecule has 0 aliphatic carbocycles. The summed E-state index contributed by atoms with van der Waals surface area (Å²) in [6.07, 6.45) is 1.99. The number of carbonyl (C=O) groups is 1. The molecule has 78 valence electrons. The van der Waals surface area contributed by atoms with Gasteiger partial charge in [0, 0.05) is 12.5 Å². The van der Waals surface area contributed by atoms with Gasteiger partial charge in [-0.25, -0.2) is 0 Å². The molecule has 0 aliphatic heterocycles. The van der Waals surface area contributed by atoms with Crippen LogP contribution >= 0.6 is 0 Å². The van der Waals surface area contributed by atoms with E-state index in [-0.39, 0.29) is 18.1 Å². The Morgan fingerprint density at radius 1 is 1.38 bits per heavy atom. The second-order valence-corrected chi connectivity index (χ2v) is 3.53. The van der Waals surface area contributed by atoms with Crippen LogP contribution < -0.4 is 5.32 Å². The molecule has 0 aliphatic rings. The second-order valence-electron chi connectivity index (χ2n) is 3.53. The number of hydrogen-bond acceptors (Lipinski definition) is 2. The molecule has 0 radical (unpaired) electrons. The van der Waals surface area contributed by atoms with Gasteiger partial charge in [-0.1, -0.05) is 27.2 Å². The molecule has 1 amide bonds. The van der Waals surface area contributed by atoms with Gasteiger partial charge in [-0.05, 0) is 13.3 Å². The molecular weight excluding hydrogens is 166 g/mol. The van der Waals surface area contributed by atoms with E-state index in [9.17, 15) is 4.79 Å². The Morgan fingerprint density at radius 3 is 2.46 bits per heavy atom. The highest BCUT2D eigenvalue weighted by Crippen LogP contribution is 1.95. The highest BCUT2D eigenvalue weighted by Gasteiger charge is 2.09. The van der Waals surface area contributed by atoms with Crippen molar-refractivity contribution in [2.24, 2.45) is 5.92 Å². The van der Waals surface area contributed by atoms with Crippen molar-refractivity contribution in [1.29, 1.82) is 0 Å². The van der Waals surface area contributed by atoms with Crippen LogP contribution in [0.4, 0.5) is 0 Å². The highest BCUT2D eigenvalue weighted by molar-refractivity contribution is 5.77. The standard InChI is InChI=1S/C10H21NO2/c1-5-6-7-13-9(4)11-10(12)8(2)3/h8-9H,5-7H2,1-4H3,(H,11,12). The van der Waals surface area contributed by atoms with E-state index < -0.39 is 0 Å². The molecule has 0 spiro atoms.